The van der Waals surface area contributed by atoms with Gasteiger partial charge in [0.15, 0.2) is 5.82 Å². The van der Waals surface area contributed by atoms with Crippen molar-refractivity contribution in [3.8, 4) is 11.4 Å². The lowest BCUT2D eigenvalue weighted by molar-refractivity contribution is -0.116. The Morgan fingerprint density at radius 2 is 1.86 bits per heavy atom. The Balaban J connectivity index is 1.25. The third kappa shape index (κ3) is 3.87. The van der Waals surface area contributed by atoms with E-state index in [1.54, 1.807) is 0 Å². The minimum atomic E-state index is -0.00269. The zero-order valence-corrected chi connectivity index (χ0v) is 16.0. The van der Waals surface area contributed by atoms with Gasteiger partial charge >= 0.3 is 0 Å². The second-order valence-corrected chi connectivity index (χ2v) is 7.49. The summed E-state index contributed by atoms with van der Waals surface area (Å²) in [5.74, 6) is 0.747. The molecule has 1 heterocycles. The first-order chi connectivity index (χ1) is 14.3. The topological polar surface area (TPSA) is 72.7 Å². The van der Waals surface area contributed by atoms with Crippen molar-refractivity contribution in [1.29, 1.82) is 0 Å². The maximum atomic E-state index is 12.5. The van der Waals surface area contributed by atoms with Crippen molar-refractivity contribution in [2.24, 2.45) is 0 Å². The molecule has 0 unspecified atom stereocenters. The predicted molar refractivity (Wildman–Crippen MR) is 112 cm³/mol. The van der Waals surface area contributed by atoms with Crippen LogP contribution in [-0.2, 0) is 11.2 Å². The first kappa shape index (κ1) is 17.6. The van der Waals surface area contributed by atoms with E-state index in [1.165, 1.54) is 10.8 Å². The van der Waals surface area contributed by atoms with Gasteiger partial charge in [0.25, 0.3) is 0 Å². The molecule has 1 aromatic heterocycles. The molecule has 1 saturated carbocycles. The summed E-state index contributed by atoms with van der Waals surface area (Å²) in [5, 5.41) is 17.5. The molecule has 6 heteroatoms. The molecule has 0 atom stereocenters. The number of amides is 1. The summed E-state index contributed by atoms with van der Waals surface area (Å²) in [6.07, 6.45) is 3.37. The minimum absolute atomic E-state index is 0.00269. The smallest absolute Gasteiger partial charge is 0.224 e. The molecular weight excluding hydrogens is 362 g/mol. The molecule has 0 spiro atoms. The van der Waals surface area contributed by atoms with Gasteiger partial charge in [-0.05, 0) is 58.2 Å². The molecule has 29 heavy (non-hydrogen) atoms. The Hall–Kier alpha value is -3.54. The fourth-order valence-corrected chi connectivity index (χ4v) is 3.56. The van der Waals surface area contributed by atoms with Crippen LogP contribution in [0, 0.1) is 0 Å². The number of aromatic nitrogens is 4. The Labute approximate surface area is 168 Å². The standard InChI is InChI=1S/C23H21N5O/c29-22(13-9-16-8-10-17-4-1-2-5-18(17)14-16)24-20-7-3-6-19(15-20)23-25-26-27-28(23)21-11-12-21/h1-8,10,14-15,21H,9,11-13H2,(H,24,29). The summed E-state index contributed by atoms with van der Waals surface area (Å²) < 4.78 is 1.88. The average Bonchev–Trinajstić information content (AvgIpc) is 3.48. The number of hydrogen-bond donors (Lipinski definition) is 1. The van der Waals surface area contributed by atoms with Gasteiger partial charge < -0.3 is 5.32 Å². The lowest BCUT2D eigenvalue weighted by Crippen LogP contribution is -2.12. The van der Waals surface area contributed by atoms with Crippen LogP contribution in [0.3, 0.4) is 0 Å². The molecular formula is C23H21N5O. The van der Waals surface area contributed by atoms with Gasteiger partial charge in [-0.3, -0.25) is 4.79 Å². The Kier molecular flexibility index (Phi) is 4.52. The van der Waals surface area contributed by atoms with Gasteiger partial charge in [0.2, 0.25) is 5.91 Å². The molecule has 1 amide bonds. The van der Waals surface area contributed by atoms with E-state index in [9.17, 15) is 4.79 Å². The highest BCUT2D eigenvalue weighted by Crippen LogP contribution is 2.36. The summed E-state index contributed by atoms with van der Waals surface area (Å²) in [4.78, 5) is 12.5. The number of hydrogen-bond acceptors (Lipinski definition) is 4. The Morgan fingerprint density at radius 3 is 2.72 bits per heavy atom. The van der Waals surface area contributed by atoms with Crippen LogP contribution in [0.5, 0.6) is 0 Å². The number of carbonyl (C=O) groups is 1. The van der Waals surface area contributed by atoms with E-state index < -0.39 is 0 Å². The second kappa shape index (κ2) is 7.47. The zero-order chi connectivity index (χ0) is 19.6. The lowest BCUT2D eigenvalue weighted by atomic mass is 10.0. The molecule has 3 aromatic carbocycles. The first-order valence-corrected chi connectivity index (χ1v) is 9.92. The highest BCUT2D eigenvalue weighted by molar-refractivity contribution is 5.91. The van der Waals surface area contributed by atoms with Gasteiger partial charge in [-0.25, -0.2) is 4.68 Å². The van der Waals surface area contributed by atoms with Gasteiger partial charge in [-0.1, -0.05) is 54.6 Å². The van der Waals surface area contributed by atoms with Crippen molar-refractivity contribution in [2.75, 3.05) is 5.32 Å². The predicted octanol–water partition coefficient (Wildman–Crippen LogP) is 4.40. The minimum Gasteiger partial charge on any atom is -0.326 e. The van der Waals surface area contributed by atoms with Crippen molar-refractivity contribution in [3.05, 3.63) is 72.3 Å². The van der Waals surface area contributed by atoms with Gasteiger partial charge in [-0.2, -0.15) is 0 Å². The van der Waals surface area contributed by atoms with Gasteiger partial charge in [-0.15, -0.1) is 5.10 Å². The summed E-state index contributed by atoms with van der Waals surface area (Å²) in [6, 6.07) is 22.7. The van der Waals surface area contributed by atoms with Crippen molar-refractivity contribution in [1.82, 2.24) is 20.2 Å². The largest absolute Gasteiger partial charge is 0.326 e. The van der Waals surface area contributed by atoms with Crippen molar-refractivity contribution >= 4 is 22.4 Å². The zero-order valence-electron chi connectivity index (χ0n) is 16.0. The SMILES string of the molecule is O=C(CCc1ccc2ccccc2c1)Nc1cccc(-c2nnnn2C2CC2)c1. The highest BCUT2D eigenvalue weighted by Gasteiger charge is 2.28. The number of tetrazole rings is 1. The molecule has 0 bridgehead atoms. The second-order valence-electron chi connectivity index (χ2n) is 7.49. The highest BCUT2D eigenvalue weighted by atomic mass is 16.1. The van der Waals surface area contributed by atoms with Crippen LogP contribution in [0.4, 0.5) is 5.69 Å². The van der Waals surface area contributed by atoms with E-state index in [4.69, 9.17) is 0 Å². The lowest BCUT2D eigenvalue weighted by Gasteiger charge is -2.08. The molecule has 144 valence electrons. The van der Waals surface area contributed by atoms with E-state index in [0.29, 0.717) is 18.9 Å². The van der Waals surface area contributed by atoms with E-state index in [-0.39, 0.29) is 5.91 Å². The number of nitrogens with zero attached hydrogens (tertiary/aromatic N) is 4. The molecule has 0 saturated heterocycles. The van der Waals surface area contributed by atoms with Crippen LogP contribution in [0.2, 0.25) is 0 Å². The van der Waals surface area contributed by atoms with Crippen molar-refractivity contribution in [2.45, 2.75) is 31.7 Å². The molecule has 1 aliphatic rings. The monoisotopic (exact) mass is 383 g/mol. The average molecular weight is 383 g/mol. The van der Waals surface area contributed by atoms with Crippen LogP contribution in [0.1, 0.15) is 30.9 Å². The van der Waals surface area contributed by atoms with Crippen LogP contribution in [0.25, 0.3) is 22.2 Å². The van der Waals surface area contributed by atoms with E-state index in [1.807, 2.05) is 41.1 Å². The summed E-state index contributed by atoms with van der Waals surface area (Å²) in [5.41, 5.74) is 2.83. The van der Waals surface area contributed by atoms with Crippen molar-refractivity contribution in [3.63, 3.8) is 0 Å². The number of benzene rings is 3. The fraction of sp³-hybridized carbons (Fsp3) is 0.217. The van der Waals surface area contributed by atoms with Crippen LogP contribution >= 0.6 is 0 Å². The van der Waals surface area contributed by atoms with Gasteiger partial charge in [0.05, 0.1) is 6.04 Å². The molecule has 0 radical (unpaired) electrons. The van der Waals surface area contributed by atoms with Gasteiger partial charge in [0.1, 0.15) is 0 Å². The molecule has 1 fully saturated rings. The molecule has 5 rings (SSSR count). The van der Waals surface area contributed by atoms with Crippen LogP contribution in [0.15, 0.2) is 66.7 Å². The fourth-order valence-electron chi connectivity index (χ4n) is 3.56. The van der Waals surface area contributed by atoms with E-state index >= 15 is 0 Å². The quantitative estimate of drug-likeness (QED) is 0.536. The number of rotatable bonds is 6. The first-order valence-electron chi connectivity index (χ1n) is 9.92. The summed E-state index contributed by atoms with van der Waals surface area (Å²) >= 11 is 0. The third-order valence-corrected chi connectivity index (χ3v) is 5.24. The maximum absolute atomic E-state index is 12.5. The normalized spacial score (nSPS) is 13.5. The van der Waals surface area contributed by atoms with E-state index in [2.05, 4.69) is 51.2 Å². The molecule has 4 aromatic rings. The van der Waals surface area contributed by atoms with Crippen LogP contribution in [-0.4, -0.2) is 26.1 Å². The molecule has 1 N–H and O–H groups in total. The molecule has 1 aliphatic carbocycles. The Morgan fingerprint density at radius 1 is 1.00 bits per heavy atom. The summed E-state index contributed by atoms with van der Waals surface area (Å²) in [6.45, 7) is 0. The number of nitrogens with one attached hydrogen (secondary N) is 1. The number of carbonyl (C=O) groups excluding carboxylic acids is 1. The molecule has 6 nitrogen and oxygen atoms in total. The molecule has 0 aliphatic heterocycles. The maximum Gasteiger partial charge on any atom is 0.224 e. The Bertz CT molecular complexity index is 1180. The third-order valence-electron chi connectivity index (χ3n) is 5.24. The van der Waals surface area contributed by atoms with Crippen LogP contribution < -0.4 is 5.32 Å². The number of aryl methyl sites for hydroxylation is 1. The van der Waals surface area contributed by atoms with Crippen molar-refractivity contribution < 1.29 is 4.79 Å². The van der Waals surface area contributed by atoms with E-state index in [0.717, 1.165) is 35.5 Å². The number of fused-ring (bicyclic) bond motifs is 1. The number of anilines is 1. The van der Waals surface area contributed by atoms with Gasteiger partial charge in [0, 0.05) is 17.7 Å². The summed E-state index contributed by atoms with van der Waals surface area (Å²) in [7, 11) is 0.